The van der Waals surface area contributed by atoms with Crippen LogP contribution in [0.15, 0.2) is 30.3 Å². The highest BCUT2D eigenvalue weighted by Gasteiger charge is 2.17. The van der Waals surface area contributed by atoms with Gasteiger partial charge >= 0.3 is 0 Å². The molecule has 0 spiro atoms. The van der Waals surface area contributed by atoms with Gasteiger partial charge in [0, 0.05) is 23.1 Å². The molecule has 2 aromatic rings. The van der Waals surface area contributed by atoms with Gasteiger partial charge in [-0.25, -0.2) is 0 Å². The molecule has 1 N–H and O–H groups in total. The van der Waals surface area contributed by atoms with Crippen LogP contribution in [0.1, 0.15) is 35.6 Å². The van der Waals surface area contributed by atoms with E-state index in [-0.39, 0.29) is 11.9 Å². The van der Waals surface area contributed by atoms with Crippen LogP contribution in [-0.2, 0) is 0 Å². The Hall–Kier alpha value is -2.23. The molecule has 0 atom stereocenters. The Morgan fingerprint density at radius 2 is 1.81 bits per heavy atom. The molecule has 0 radical (unpaired) electrons. The van der Waals surface area contributed by atoms with E-state index in [2.05, 4.69) is 9.88 Å². The Morgan fingerprint density at radius 3 is 2.33 bits per heavy atom. The minimum Gasteiger partial charge on any atom is -0.497 e. The topological polar surface area (TPSA) is 43.3 Å². The number of hydrogen-bond donors (Lipinski definition) is 1. The van der Waals surface area contributed by atoms with E-state index >= 15 is 0 Å². The van der Waals surface area contributed by atoms with Crippen molar-refractivity contribution in [1.29, 1.82) is 0 Å². The van der Waals surface area contributed by atoms with Crippen molar-refractivity contribution >= 4 is 5.91 Å². The zero-order chi connectivity index (χ0) is 15.6. The summed E-state index contributed by atoms with van der Waals surface area (Å²) in [6.45, 7) is 7.89. The van der Waals surface area contributed by atoms with Gasteiger partial charge in [-0.05, 0) is 58.0 Å². The van der Waals surface area contributed by atoms with Crippen LogP contribution >= 0.6 is 0 Å². The third-order valence-electron chi connectivity index (χ3n) is 3.43. The Kier molecular flexibility index (Phi) is 4.36. The van der Waals surface area contributed by atoms with Crippen molar-refractivity contribution in [2.45, 2.75) is 33.7 Å². The van der Waals surface area contributed by atoms with Gasteiger partial charge in [0.05, 0.1) is 12.7 Å². The Bertz CT molecular complexity index is 640. The molecule has 4 heteroatoms. The summed E-state index contributed by atoms with van der Waals surface area (Å²) in [6, 6.07) is 9.87. The van der Waals surface area contributed by atoms with Crippen LogP contribution in [0.4, 0.5) is 0 Å². The number of ether oxygens (including phenoxy) is 1. The maximum absolute atomic E-state index is 12.2. The zero-order valence-corrected chi connectivity index (χ0v) is 13.2. The molecule has 0 saturated heterocycles. The molecule has 0 aliphatic heterocycles. The summed E-state index contributed by atoms with van der Waals surface area (Å²) in [6.07, 6.45) is 0. The van der Waals surface area contributed by atoms with Gasteiger partial charge in [-0.1, -0.05) is 0 Å². The van der Waals surface area contributed by atoms with Crippen molar-refractivity contribution in [2.75, 3.05) is 7.11 Å². The summed E-state index contributed by atoms with van der Waals surface area (Å²) in [5.74, 6) is 0.789. The predicted molar refractivity (Wildman–Crippen MR) is 84.4 cm³/mol. The molecule has 1 heterocycles. The molecule has 0 unspecified atom stereocenters. The fourth-order valence-corrected chi connectivity index (χ4v) is 2.46. The highest BCUT2D eigenvalue weighted by atomic mass is 16.5. The molecule has 0 fully saturated rings. The highest BCUT2D eigenvalue weighted by molar-refractivity contribution is 5.96. The second-order valence-corrected chi connectivity index (χ2v) is 5.45. The number of aromatic nitrogens is 1. The SMILES string of the molecule is COc1ccc(-n2c(C)cc(C(=O)NC(C)C)c2C)cc1. The number of benzene rings is 1. The van der Waals surface area contributed by atoms with Gasteiger partial charge in [0.1, 0.15) is 5.75 Å². The Balaban J connectivity index is 2.40. The number of carbonyl (C=O) groups is 1. The van der Waals surface area contributed by atoms with Crippen LogP contribution in [0, 0.1) is 13.8 Å². The molecule has 1 amide bonds. The van der Waals surface area contributed by atoms with Crippen LogP contribution in [0.5, 0.6) is 5.75 Å². The van der Waals surface area contributed by atoms with Crippen molar-refractivity contribution in [3.63, 3.8) is 0 Å². The van der Waals surface area contributed by atoms with Crippen LogP contribution in [0.25, 0.3) is 5.69 Å². The Morgan fingerprint density at radius 1 is 1.19 bits per heavy atom. The first-order valence-corrected chi connectivity index (χ1v) is 7.08. The normalized spacial score (nSPS) is 10.8. The van der Waals surface area contributed by atoms with Crippen molar-refractivity contribution in [3.8, 4) is 11.4 Å². The molecule has 0 saturated carbocycles. The highest BCUT2D eigenvalue weighted by Crippen LogP contribution is 2.22. The van der Waals surface area contributed by atoms with E-state index in [1.54, 1.807) is 7.11 Å². The molecular formula is C17H22N2O2. The van der Waals surface area contributed by atoms with Crippen LogP contribution in [-0.4, -0.2) is 23.6 Å². The second-order valence-electron chi connectivity index (χ2n) is 5.45. The number of methoxy groups -OCH3 is 1. The van der Waals surface area contributed by atoms with Crippen molar-refractivity contribution in [2.24, 2.45) is 0 Å². The number of hydrogen-bond acceptors (Lipinski definition) is 2. The average Bonchev–Trinajstić information content (AvgIpc) is 2.73. The molecular weight excluding hydrogens is 264 g/mol. The largest absolute Gasteiger partial charge is 0.497 e. The second kappa shape index (κ2) is 6.04. The Labute approximate surface area is 125 Å². The van der Waals surface area contributed by atoms with Gasteiger partial charge < -0.3 is 14.6 Å². The molecule has 0 aliphatic carbocycles. The first kappa shape index (κ1) is 15.2. The molecule has 112 valence electrons. The van der Waals surface area contributed by atoms with E-state index < -0.39 is 0 Å². The molecule has 21 heavy (non-hydrogen) atoms. The van der Waals surface area contributed by atoms with Gasteiger partial charge in [0.25, 0.3) is 5.91 Å². The summed E-state index contributed by atoms with van der Waals surface area (Å²) in [7, 11) is 1.65. The van der Waals surface area contributed by atoms with Crippen molar-refractivity contribution in [3.05, 3.63) is 47.3 Å². The fourth-order valence-electron chi connectivity index (χ4n) is 2.46. The predicted octanol–water partition coefficient (Wildman–Crippen LogP) is 3.24. The lowest BCUT2D eigenvalue weighted by molar-refractivity contribution is 0.0942. The fraction of sp³-hybridized carbons (Fsp3) is 0.353. The first-order chi connectivity index (χ1) is 9.93. The number of nitrogens with one attached hydrogen (secondary N) is 1. The summed E-state index contributed by atoms with van der Waals surface area (Å²) in [5, 5.41) is 2.94. The first-order valence-electron chi connectivity index (χ1n) is 7.08. The minimum absolute atomic E-state index is 0.0298. The quantitative estimate of drug-likeness (QED) is 0.937. The van der Waals surface area contributed by atoms with Crippen LogP contribution in [0.3, 0.4) is 0 Å². The smallest absolute Gasteiger partial charge is 0.253 e. The van der Waals surface area contributed by atoms with Crippen molar-refractivity contribution in [1.82, 2.24) is 9.88 Å². The van der Waals surface area contributed by atoms with E-state index in [1.165, 1.54) is 0 Å². The number of carbonyl (C=O) groups excluding carboxylic acids is 1. The summed E-state index contributed by atoms with van der Waals surface area (Å²) >= 11 is 0. The molecule has 0 bridgehead atoms. The number of aryl methyl sites for hydroxylation is 1. The van der Waals surface area contributed by atoms with E-state index in [4.69, 9.17) is 4.74 Å². The third-order valence-corrected chi connectivity index (χ3v) is 3.43. The number of amides is 1. The maximum Gasteiger partial charge on any atom is 0.253 e. The van der Waals surface area contributed by atoms with Gasteiger partial charge in [0.2, 0.25) is 0 Å². The molecule has 2 rings (SSSR count). The van der Waals surface area contributed by atoms with Gasteiger partial charge in [0.15, 0.2) is 0 Å². The minimum atomic E-state index is -0.0298. The van der Waals surface area contributed by atoms with Crippen molar-refractivity contribution < 1.29 is 9.53 Å². The van der Waals surface area contributed by atoms with E-state index in [9.17, 15) is 4.79 Å². The monoisotopic (exact) mass is 286 g/mol. The summed E-state index contributed by atoms with van der Waals surface area (Å²) in [5.41, 5.74) is 3.72. The lowest BCUT2D eigenvalue weighted by atomic mass is 10.2. The van der Waals surface area contributed by atoms with E-state index in [0.717, 1.165) is 28.4 Å². The number of nitrogens with zero attached hydrogens (tertiary/aromatic N) is 1. The van der Waals surface area contributed by atoms with E-state index in [1.807, 2.05) is 58.0 Å². The van der Waals surface area contributed by atoms with Crippen LogP contribution in [0.2, 0.25) is 0 Å². The lowest BCUT2D eigenvalue weighted by Crippen LogP contribution is -2.30. The molecule has 4 nitrogen and oxygen atoms in total. The lowest BCUT2D eigenvalue weighted by Gasteiger charge is -2.11. The maximum atomic E-state index is 12.2. The number of rotatable bonds is 4. The standard InChI is InChI=1S/C17H22N2O2/c1-11(2)18-17(20)16-10-12(3)19(13(16)4)14-6-8-15(21-5)9-7-14/h6-11H,1-5H3,(H,18,20). The summed E-state index contributed by atoms with van der Waals surface area (Å²) in [4.78, 5) is 12.2. The van der Waals surface area contributed by atoms with E-state index in [0.29, 0.717) is 0 Å². The third kappa shape index (κ3) is 3.10. The molecule has 0 aliphatic rings. The summed E-state index contributed by atoms with van der Waals surface area (Å²) < 4.78 is 7.26. The van der Waals surface area contributed by atoms with Gasteiger partial charge in [-0.15, -0.1) is 0 Å². The molecule has 1 aromatic carbocycles. The van der Waals surface area contributed by atoms with Gasteiger partial charge in [-0.3, -0.25) is 4.79 Å². The van der Waals surface area contributed by atoms with Crippen LogP contribution < -0.4 is 10.1 Å². The zero-order valence-electron chi connectivity index (χ0n) is 13.2. The molecule has 1 aromatic heterocycles. The average molecular weight is 286 g/mol. The van der Waals surface area contributed by atoms with Gasteiger partial charge in [-0.2, -0.15) is 0 Å².